The molecule has 4 nitrogen and oxygen atoms in total. The predicted molar refractivity (Wildman–Crippen MR) is 79.8 cm³/mol. The maximum absolute atomic E-state index is 13.1. The van der Waals surface area contributed by atoms with Crippen LogP contribution in [0, 0.1) is 11.6 Å². The van der Waals surface area contributed by atoms with Crippen LogP contribution in [0.3, 0.4) is 0 Å². The second kappa shape index (κ2) is 7.49. The van der Waals surface area contributed by atoms with Gasteiger partial charge < -0.3 is 10.4 Å². The fraction of sp³-hybridized carbons (Fsp3) is 0.176. The van der Waals surface area contributed by atoms with Crippen molar-refractivity contribution in [2.75, 3.05) is 0 Å². The molecule has 23 heavy (non-hydrogen) atoms. The first-order chi connectivity index (χ1) is 11.0. The Kier molecular flexibility index (Phi) is 5.41. The van der Waals surface area contributed by atoms with Crippen molar-refractivity contribution in [2.45, 2.75) is 18.9 Å². The summed E-state index contributed by atoms with van der Waals surface area (Å²) in [6.07, 6.45) is -0.0878. The Hall–Kier alpha value is -2.76. The molecule has 2 aromatic rings. The lowest BCUT2D eigenvalue weighted by molar-refractivity contribution is -0.141. The summed E-state index contributed by atoms with van der Waals surface area (Å²) in [5.41, 5.74) is 1.04. The molecule has 6 heteroatoms. The van der Waals surface area contributed by atoms with Gasteiger partial charge in [-0.1, -0.05) is 36.4 Å². The van der Waals surface area contributed by atoms with Gasteiger partial charge in [-0.15, -0.1) is 0 Å². The molecule has 0 aliphatic heterocycles. The van der Waals surface area contributed by atoms with Crippen LogP contribution >= 0.6 is 0 Å². The number of amides is 1. The van der Waals surface area contributed by atoms with Crippen LogP contribution in [0.2, 0.25) is 0 Å². The van der Waals surface area contributed by atoms with Crippen LogP contribution in [0.15, 0.2) is 48.5 Å². The Morgan fingerprint density at radius 1 is 1.00 bits per heavy atom. The number of carbonyl (C=O) groups excluding carboxylic acids is 1. The van der Waals surface area contributed by atoms with Gasteiger partial charge in [0.1, 0.15) is 6.04 Å². The number of carboxylic acids is 1. The first-order valence-corrected chi connectivity index (χ1v) is 6.95. The first-order valence-electron chi connectivity index (χ1n) is 6.95. The van der Waals surface area contributed by atoms with E-state index < -0.39 is 29.6 Å². The van der Waals surface area contributed by atoms with Crippen molar-refractivity contribution in [1.29, 1.82) is 0 Å². The molecule has 0 aliphatic rings. The van der Waals surface area contributed by atoms with Gasteiger partial charge in [-0.05, 0) is 23.3 Å². The number of benzene rings is 2. The van der Waals surface area contributed by atoms with Crippen LogP contribution < -0.4 is 5.32 Å². The van der Waals surface area contributed by atoms with Gasteiger partial charge in [-0.25, -0.2) is 13.6 Å². The van der Waals surface area contributed by atoms with E-state index in [1.165, 1.54) is 6.07 Å². The lowest BCUT2D eigenvalue weighted by Gasteiger charge is -2.14. The smallest absolute Gasteiger partial charge is 0.326 e. The molecule has 120 valence electrons. The Bertz CT molecular complexity index is 704. The van der Waals surface area contributed by atoms with Crippen molar-refractivity contribution in [3.05, 3.63) is 71.3 Å². The van der Waals surface area contributed by atoms with E-state index in [-0.39, 0.29) is 18.4 Å². The molecule has 0 bridgehead atoms. The zero-order valence-electron chi connectivity index (χ0n) is 12.1. The molecule has 0 unspecified atom stereocenters. The minimum Gasteiger partial charge on any atom is -0.480 e. The molecule has 0 aromatic heterocycles. The minimum atomic E-state index is -1.16. The normalized spacial score (nSPS) is 11.7. The quantitative estimate of drug-likeness (QED) is 0.859. The maximum atomic E-state index is 13.1. The van der Waals surface area contributed by atoms with Gasteiger partial charge in [0.05, 0.1) is 6.42 Å². The van der Waals surface area contributed by atoms with Crippen LogP contribution in [-0.4, -0.2) is 23.0 Å². The molecule has 0 radical (unpaired) electrons. The average molecular weight is 319 g/mol. The number of carboxylic acid groups (broad SMARTS) is 1. The third-order valence-corrected chi connectivity index (χ3v) is 3.26. The van der Waals surface area contributed by atoms with Crippen LogP contribution in [0.5, 0.6) is 0 Å². The summed E-state index contributed by atoms with van der Waals surface area (Å²) in [6.45, 7) is 0. The summed E-state index contributed by atoms with van der Waals surface area (Å²) in [6, 6.07) is 10.9. The second-order valence-corrected chi connectivity index (χ2v) is 5.07. The lowest BCUT2D eigenvalue weighted by Crippen LogP contribution is -2.43. The molecular weight excluding hydrogens is 304 g/mol. The summed E-state index contributed by atoms with van der Waals surface area (Å²) < 4.78 is 25.9. The highest BCUT2D eigenvalue weighted by Gasteiger charge is 2.20. The monoisotopic (exact) mass is 319 g/mol. The van der Waals surface area contributed by atoms with Crippen molar-refractivity contribution in [2.24, 2.45) is 0 Å². The molecular formula is C17H15F2NO3. The summed E-state index contributed by atoms with van der Waals surface area (Å²) in [5, 5.41) is 11.6. The van der Waals surface area contributed by atoms with Crippen molar-refractivity contribution in [3.8, 4) is 0 Å². The van der Waals surface area contributed by atoms with Crippen LogP contribution in [0.25, 0.3) is 0 Å². The Morgan fingerprint density at radius 2 is 1.70 bits per heavy atom. The highest BCUT2D eigenvalue weighted by Crippen LogP contribution is 2.10. The van der Waals surface area contributed by atoms with Gasteiger partial charge in [0, 0.05) is 6.42 Å². The SMILES string of the molecule is O=C(Cc1ccc(F)c(F)c1)N[C@H](Cc1ccccc1)C(=O)O. The first kappa shape index (κ1) is 16.6. The van der Waals surface area contributed by atoms with E-state index in [1.807, 2.05) is 0 Å². The molecule has 1 atom stereocenters. The van der Waals surface area contributed by atoms with E-state index in [1.54, 1.807) is 30.3 Å². The fourth-order valence-corrected chi connectivity index (χ4v) is 2.13. The Labute approximate surface area is 131 Å². The van der Waals surface area contributed by atoms with Gasteiger partial charge in [-0.2, -0.15) is 0 Å². The highest BCUT2D eigenvalue weighted by molar-refractivity contribution is 5.85. The molecule has 0 heterocycles. The molecule has 0 aliphatic carbocycles. The summed E-state index contributed by atoms with van der Waals surface area (Å²) in [7, 11) is 0. The fourth-order valence-electron chi connectivity index (χ4n) is 2.13. The molecule has 1 amide bonds. The largest absolute Gasteiger partial charge is 0.480 e. The van der Waals surface area contributed by atoms with Gasteiger partial charge in [-0.3, -0.25) is 4.79 Å². The van der Waals surface area contributed by atoms with Crippen molar-refractivity contribution in [3.63, 3.8) is 0 Å². The molecule has 2 N–H and O–H groups in total. The van der Waals surface area contributed by atoms with Crippen LogP contribution in [0.4, 0.5) is 8.78 Å². The summed E-state index contributed by atoms with van der Waals surface area (Å²) in [4.78, 5) is 23.2. The number of hydrogen-bond acceptors (Lipinski definition) is 2. The molecule has 2 aromatic carbocycles. The summed E-state index contributed by atoms with van der Waals surface area (Å²) >= 11 is 0. The Morgan fingerprint density at radius 3 is 2.30 bits per heavy atom. The Balaban J connectivity index is 2.00. The standard InChI is InChI=1S/C17H15F2NO3/c18-13-7-6-12(8-14(13)19)10-16(21)20-15(17(22)23)9-11-4-2-1-3-5-11/h1-8,15H,9-10H2,(H,20,21)(H,22,23)/t15-/m1/s1. The van der Waals surface area contributed by atoms with E-state index in [2.05, 4.69) is 5.32 Å². The van der Waals surface area contributed by atoms with E-state index in [0.29, 0.717) is 0 Å². The minimum absolute atomic E-state index is 0.139. The van der Waals surface area contributed by atoms with Gasteiger partial charge in [0.2, 0.25) is 5.91 Å². The molecule has 0 saturated carbocycles. The summed E-state index contributed by atoms with van der Waals surface area (Å²) in [5.74, 6) is -3.78. The van der Waals surface area contributed by atoms with Gasteiger partial charge in [0.25, 0.3) is 0 Å². The zero-order chi connectivity index (χ0) is 16.8. The predicted octanol–water partition coefficient (Wildman–Crippen LogP) is 2.32. The van der Waals surface area contributed by atoms with Gasteiger partial charge in [0.15, 0.2) is 11.6 Å². The molecule has 0 fully saturated rings. The van der Waals surface area contributed by atoms with E-state index in [4.69, 9.17) is 0 Å². The number of aliphatic carboxylic acids is 1. The number of hydrogen-bond donors (Lipinski definition) is 2. The van der Waals surface area contributed by atoms with Crippen molar-refractivity contribution < 1.29 is 23.5 Å². The molecule has 2 rings (SSSR count). The second-order valence-electron chi connectivity index (χ2n) is 5.07. The van der Waals surface area contributed by atoms with Crippen molar-refractivity contribution in [1.82, 2.24) is 5.32 Å². The number of carbonyl (C=O) groups is 2. The average Bonchev–Trinajstić information content (AvgIpc) is 2.51. The molecule has 0 saturated heterocycles. The maximum Gasteiger partial charge on any atom is 0.326 e. The number of nitrogens with one attached hydrogen (secondary N) is 1. The van der Waals surface area contributed by atoms with Crippen LogP contribution in [-0.2, 0) is 22.4 Å². The van der Waals surface area contributed by atoms with Gasteiger partial charge >= 0.3 is 5.97 Å². The van der Waals surface area contributed by atoms with E-state index >= 15 is 0 Å². The third kappa shape index (κ3) is 4.88. The topological polar surface area (TPSA) is 66.4 Å². The van der Waals surface area contributed by atoms with Crippen LogP contribution in [0.1, 0.15) is 11.1 Å². The highest BCUT2D eigenvalue weighted by atomic mass is 19.2. The van der Waals surface area contributed by atoms with E-state index in [0.717, 1.165) is 17.7 Å². The number of halogens is 2. The number of rotatable bonds is 6. The third-order valence-electron chi connectivity index (χ3n) is 3.26. The van der Waals surface area contributed by atoms with Crippen molar-refractivity contribution >= 4 is 11.9 Å². The lowest BCUT2D eigenvalue weighted by atomic mass is 10.1. The molecule has 0 spiro atoms. The van der Waals surface area contributed by atoms with E-state index in [9.17, 15) is 23.5 Å². The zero-order valence-corrected chi connectivity index (χ0v) is 12.1.